The number of carbonyl (C=O) groups excluding carboxylic acids is 1. The van der Waals surface area contributed by atoms with Crippen LogP contribution in [0.1, 0.15) is 10.4 Å². The lowest BCUT2D eigenvalue weighted by molar-refractivity contribution is 0.102. The second-order valence-electron chi connectivity index (χ2n) is 5.28. The molecule has 0 saturated carbocycles. The van der Waals surface area contributed by atoms with E-state index in [1.807, 2.05) is 48.5 Å². The molecule has 7 heteroatoms. The zero-order valence-corrected chi connectivity index (χ0v) is 15.5. The van der Waals surface area contributed by atoms with Crippen molar-refractivity contribution in [2.45, 2.75) is 4.90 Å². The Morgan fingerprint density at radius 1 is 1.08 bits per heavy atom. The van der Waals surface area contributed by atoms with E-state index in [-0.39, 0.29) is 5.91 Å². The number of amides is 1. The molecule has 0 radical (unpaired) electrons. The molecule has 0 aliphatic rings. The molecule has 0 aliphatic heterocycles. The lowest BCUT2D eigenvalue weighted by Crippen LogP contribution is -2.12. The number of ether oxygens (including phenoxy) is 1. The molecular formula is C19H16ClN3O2S. The van der Waals surface area contributed by atoms with E-state index in [1.165, 1.54) is 18.1 Å². The van der Waals surface area contributed by atoms with Crippen molar-refractivity contribution in [3.63, 3.8) is 0 Å². The van der Waals surface area contributed by atoms with Crippen LogP contribution in [0, 0.1) is 0 Å². The first-order chi connectivity index (χ1) is 12.6. The van der Waals surface area contributed by atoms with Gasteiger partial charge in [0.2, 0.25) is 0 Å². The maximum atomic E-state index is 12.2. The minimum absolute atomic E-state index is 0.237. The largest absolute Gasteiger partial charge is 0.497 e. The van der Waals surface area contributed by atoms with Gasteiger partial charge in [0.1, 0.15) is 10.9 Å². The van der Waals surface area contributed by atoms with Gasteiger partial charge in [-0.1, -0.05) is 17.7 Å². The third-order valence-electron chi connectivity index (χ3n) is 3.46. The van der Waals surface area contributed by atoms with Crippen LogP contribution in [0.15, 0.2) is 71.8 Å². The number of carbonyl (C=O) groups is 1. The van der Waals surface area contributed by atoms with E-state index in [4.69, 9.17) is 16.3 Å². The van der Waals surface area contributed by atoms with Crippen LogP contribution in [0.5, 0.6) is 5.75 Å². The Morgan fingerprint density at radius 3 is 2.58 bits per heavy atom. The van der Waals surface area contributed by atoms with Crippen LogP contribution in [0.2, 0.25) is 5.15 Å². The number of methoxy groups -OCH3 is 1. The maximum Gasteiger partial charge on any atom is 0.257 e. The number of hydrogen-bond donors (Lipinski definition) is 2. The molecule has 132 valence electrons. The SMILES string of the molecule is COc1ccc(NSc2cccc(NC(=O)c3ccc(Cl)nc3)c2)cc1. The van der Waals surface area contributed by atoms with Gasteiger partial charge in [-0.05, 0) is 66.5 Å². The highest BCUT2D eigenvalue weighted by Crippen LogP contribution is 2.25. The van der Waals surface area contributed by atoms with E-state index in [0.717, 1.165) is 16.3 Å². The molecule has 0 unspecified atom stereocenters. The smallest absolute Gasteiger partial charge is 0.257 e. The van der Waals surface area contributed by atoms with Crippen molar-refractivity contribution >= 4 is 40.8 Å². The van der Waals surface area contributed by atoms with Crippen LogP contribution in [-0.4, -0.2) is 18.0 Å². The molecule has 26 heavy (non-hydrogen) atoms. The number of nitrogens with one attached hydrogen (secondary N) is 2. The van der Waals surface area contributed by atoms with Crippen LogP contribution in [0.25, 0.3) is 0 Å². The van der Waals surface area contributed by atoms with Crippen LogP contribution in [0.3, 0.4) is 0 Å². The summed E-state index contributed by atoms with van der Waals surface area (Å²) in [6, 6.07) is 18.4. The lowest BCUT2D eigenvalue weighted by Gasteiger charge is -2.09. The van der Waals surface area contributed by atoms with Gasteiger partial charge in [-0.3, -0.25) is 4.79 Å². The first-order valence-corrected chi connectivity index (χ1v) is 8.93. The number of halogens is 1. The minimum Gasteiger partial charge on any atom is -0.497 e. The molecule has 1 heterocycles. The molecule has 3 aromatic rings. The Kier molecular flexibility index (Phi) is 5.99. The van der Waals surface area contributed by atoms with Gasteiger partial charge in [-0.15, -0.1) is 0 Å². The Hall–Kier alpha value is -2.70. The molecule has 5 nitrogen and oxygen atoms in total. The Balaban J connectivity index is 1.62. The number of benzene rings is 2. The van der Waals surface area contributed by atoms with Crippen LogP contribution < -0.4 is 14.8 Å². The van der Waals surface area contributed by atoms with Gasteiger partial charge >= 0.3 is 0 Å². The molecule has 1 aromatic heterocycles. The van der Waals surface area contributed by atoms with Crippen molar-refractivity contribution in [2.24, 2.45) is 0 Å². The van der Waals surface area contributed by atoms with Crippen molar-refractivity contribution in [3.05, 3.63) is 77.6 Å². The van der Waals surface area contributed by atoms with E-state index in [0.29, 0.717) is 16.4 Å². The summed E-state index contributed by atoms with van der Waals surface area (Å²) in [5, 5.41) is 3.20. The molecule has 0 aliphatic carbocycles. The Labute approximate surface area is 160 Å². The number of hydrogen-bond acceptors (Lipinski definition) is 5. The van der Waals surface area contributed by atoms with E-state index in [1.54, 1.807) is 19.2 Å². The van der Waals surface area contributed by atoms with Crippen molar-refractivity contribution in [2.75, 3.05) is 17.1 Å². The summed E-state index contributed by atoms with van der Waals surface area (Å²) in [6.45, 7) is 0. The molecule has 2 aromatic carbocycles. The molecule has 0 fully saturated rings. The standard InChI is InChI=1S/C19H16ClN3O2S/c1-25-16-8-6-14(7-9-16)23-26-17-4-2-3-15(11-17)22-19(24)13-5-10-18(20)21-12-13/h2-12,23H,1H3,(H,22,24). The zero-order valence-electron chi connectivity index (χ0n) is 13.9. The summed E-state index contributed by atoms with van der Waals surface area (Å²) in [4.78, 5) is 17.1. The molecule has 0 bridgehead atoms. The van der Waals surface area contributed by atoms with Gasteiger partial charge in [0.25, 0.3) is 5.91 Å². The summed E-state index contributed by atoms with van der Waals surface area (Å²) >= 11 is 7.19. The Bertz CT molecular complexity index is 886. The van der Waals surface area contributed by atoms with E-state index >= 15 is 0 Å². The second-order valence-corrected chi connectivity index (χ2v) is 6.55. The van der Waals surface area contributed by atoms with E-state index in [9.17, 15) is 4.79 Å². The average molecular weight is 386 g/mol. The van der Waals surface area contributed by atoms with E-state index < -0.39 is 0 Å². The van der Waals surface area contributed by atoms with Gasteiger partial charge in [-0.2, -0.15) is 0 Å². The number of rotatable bonds is 6. The molecular weight excluding hydrogens is 370 g/mol. The highest BCUT2D eigenvalue weighted by molar-refractivity contribution is 8.00. The quantitative estimate of drug-likeness (QED) is 0.455. The topological polar surface area (TPSA) is 63.2 Å². The third-order valence-corrected chi connectivity index (χ3v) is 4.51. The van der Waals surface area contributed by atoms with Gasteiger partial charge in [-0.25, -0.2) is 4.98 Å². The highest BCUT2D eigenvalue weighted by Gasteiger charge is 2.07. The second kappa shape index (κ2) is 8.60. The lowest BCUT2D eigenvalue weighted by atomic mass is 10.2. The van der Waals surface area contributed by atoms with Crippen molar-refractivity contribution in [3.8, 4) is 5.75 Å². The van der Waals surface area contributed by atoms with Gasteiger partial charge in [0.05, 0.1) is 12.7 Å². The number of pyridine rings is 1. The summed E-state index contributed by atoms with van der Waals surface area (Å²) in [6.07, 6.45) is 1.45. The predicted molar refractivity (Wildman–Crippen MR) is 106 cm³/mol. The summed E-state index contributed by atoms with van der Waals surface area (Å²) in [7, 11) is 1.64. The fourth-order valence-corrected chi connectivity index (χ4v) is 2.94. The molecule has 0 saturated heterocycles. The molecule has 3 rings (SSSR count). The molecule has 0 atom stereocenters. The van der Waals surface area contributed by atoms with Crippen LogP contribution >= 0.6 is 23.5 Å². The summed E-state index contributed by atoms with van der Waals surface area (Å²) in [5.41, 5.74) is 2.10. The van der Waals surface area contributed by atoms with Gasteiger partial charge < -0.3 is 14.8 Å². The van der Waals surface area contributed by atoms with Crippen molar-refractivity contribution in [1.29, 1.82) is 0 Å². The maximum absolute atomic E-state index is 12.2. The van der Waals surface area contributed by atoms with Crippen LogP contribution in [0.4, 0.5) is 11.4 Å². The summed E-state index contributed by atoms with van der Waals surface area (Å²) < 4.78 is 8.40. The Morgan fingerprint density at radius 2 is 1.88 bits per heavy atom. The minimum atomic E-state index is -0.237. The first-order valence-electron chi connectivity index (χ1n) is 7.74. The predicted octanol–water partition coefficient (Wildman–Crippen LogP) is 5.12. The highest BCUT2D eigenvalue weighted by atomic mass is 35.5. The van der Waals surface area contributed by atoms with Crippen molar-refractivity contribution in [1.82, 2.24) is 4.98 Å². The van der Waals surface area contributed by atoms with Crippen molar-refractivity contribution < 1.29 is 9.53 Å². The molecule has 1 amide bonds. The van der Waals surface area contributed by atoms with Gasteiger partial charge in [0.15, 0.2) is 0 Å². The third kappa shape index (κ3) is 4.91. The first kappa shape index (κ1) is 18.1. The normalized spacial score (nSPS) is 10.2. The monoisotopic (exact) mass is 385 g/mol. The van der Waals surface area contributed by atoms with Crippen LogP contribution in [-0.2, 0) is 0 Å². The van der Waals surface area contributed by atoms with E-state index in [2.05, 4.69) is 15.0 Å². The number of nitrogens with zero attached hydrogens (tertiary/aromatic N) is 1. The number of anilines is 2. The fourth-order valence-electron chi connectivity index (χ4n) is 2.13. The summed E-state index contributed by atoms with van der Waals surface area (Å²) in [5.74, 6) is 0.571. The zero-order chi connectivity index (χ0) is 18.4. The molecule has 0 spiro atoms. The fraction of sp³-hybridized carbons (Fsp3) is 0.0526. The van der Waals surface area contributed by atoms with Gasteiger partial charge in [0, 0.05) is 22.5 Å². The number of aromatic nitrogens is 1. The average Bonchev–Trinajstić information content (AvgIpc) is 2.67. The molecule has 2 N–H and O–H groups in total.